The lowest BCUT2D eigenvalue weighted by molar-refractivity contribution is -0.131. The highest BCUT2D eigenvalue weighted by Crippen LogP contribution is 2.18. The third-order valence-electron chi connectivity index (χ3n) is 4.51. The van der Waals surface area contributed by atoms with Gasteiger partial charge in [-0.2, -0.15) is 0 Å². The Hall–Kier alpha value is -2.63. The SMILES string of the molecule is CCc1nc2c(c(=O)n1C)OCCN(C(=O)Cc1ccc(C)cc1)C2. The van der Waals surface area contributed by atoms with Crippen molar-refractivity contribution in [2.75, 3.05) is 13.2 Å². The highest BCUT2D eigenvalue weighted by molar-refractivity contribution is 5.78. The van der Waals surface area contributed by atoms with Crippen LogP contribution in [0.3, 0.4) is 0 Å². The molecule has 6 heteroatoms. The van der Waals surface area contributed by atoms with Gasteiger partial charge >= 0.3 is 0 Å². The average Bonchev–Trinajstić information content (AvgIpc) is 2.82. The zero-order valence-corrected chi connectivity index (χ0v) is 14.9. The van der Waals surface area contributed by atoms with Crippen LogP contribution in [-0.2, 0) is 31.2 Å². The molecular formula is C19H23N3O3. The van der Waals surface area contributed by atoms with Crippen molar-refractivity contribution in [3.63, 3.8) is 0 Å². The fourth-order valence-corrected chi connectivity index (χ4v) is 2.97. The van der Waals surface area contributed by atoms with E-state index in [0.717, 1.165) is 5.56 Å². The second-order valence-corrected chi connectivity index (χ2v) is 6.35. The van der Waals surface area contributed by atoms with E-state index in [-0.39, 0.29) is 17.2 Å². The lowest BCUT2D eigenvalue weighted by Gasteiger charge is -2.20. The van der Waals surface area contributed by atoms with Crippen LogP contribution in [-0.4, -0.2) is 33.5 Å². The standard InChI is InChI=1S/C19H23N3O3/c1-4-16-20-15-12-22(9-10-25-18(15)19(24)21(16)3)17(23)11-14-7-5-13(2)6-8-14/h5-8H,4,9-12H2,1-3H3. The molecule has 0 spiro atoms. The van der Waals surface area contributed by atoms with Crippen LogP contribution in [0.2, 0.25) is 0 Å². The molecule has 0 radical (unpaired) electrons. The van der Waals surface area contributed by atoms with E-state index >= 15 is 0 Å². The Bertz CT molecular complexity index is 840. The summed E-state index contributed by atoms with van der Waals surface area (Å²) in [6.07, 6.45) is 0.984. The first-order chi connectivity index (χ1) is 12.0. The van der Waals surface area contributed by atoms with Crippen LogP contribution in [0.5, 0.6) is 5.75 Å². The van der Waals surface area contributed by atoms with E-state index in [0.29, 0.717) is 44.1 Å². The Morgan fingerprint density at radius 2 is 2.00 bits per heavy atom. The molecule has 0 saturated carbocycles. The molecule has 0 atom stereocenters. The Morgan fingerprint density at radius 3 is 2.68 bits per heavy atom. The van der Waals surface area contributed by atoms with Crippen molar-refractivity contribution in [1.82, 2.24) is 14.5 Å². The molecule has 2 aromatic rings. The maximum atomic E-state index is 12.7. The van der Waals surface area contributed by atoms with Crippen molar-refractivity contribution in [3.8, 4) is 5.75 Å². The van der Waals surface area contributed by atoms with E-state index in [1.165, 1.54) is 10.1 Å². The Kier molecular flexibility index (Phi) is 4.88. The zero-order valence-electron chi connectivity index (χ0n) is 14.9. The van der Waals surface area contributed by atoms with Crippen LogP contribution in [0, 0.1) is 6.92 Å². The van der Waals surface area contributed by atoms with Gasteiger partial charge in [-0.1, -0.05) is 36.8 Å². The van der Waals surface area contributed by atoms with Crippen LogP contribution in [0.4, 0.5) is 0 Å². The van der Waals surface area contributed by atoms with Crippen LogP contribution < -0.4 is 10.3 Å². The van der Waals surface area contributed by atoms with Gasteiger partial charge in [-0.05, 0) is 12.5 Å². The summed E-state index contributed by atoms with van der Waals surface area (Å²) in [5.74, 6) is 0.978. The van der Waals surface area contributed by atoms with Crippen LogP contribution in [0.25, 0.3) is 0 Å². The second kappa shape index (κ2) is 7.09. The number of carbonyl (C=O) groups is 1. The van der Waals surface area contributed by atoms with Crippen molar-refractivity contribution < 1.29 is 9.53 Å². The maximum Gasteiger partial charge on any atom is 0.296 e. The van der Waals surface area contributed by atoms with Gasteiger partial charge in [-0.3, -0.25) is 14.2 Å². The lowest BCUT2D eigenvalue weighted by atomic mass is 10.1. The molecule has 0 aliphatic carbocycles. The van der Waals surface area contributed by atoms with Gasteiger partial charge in [0.25, 0.3) is 5.56 Å². The fourth-order valence-electron chi connectivity index (χ4n) is 2.97. The van der Waals surface area contributed by atoms with Gasteiger partial charge in [0.05, 0.1) is 19.5 Å². The normalized spacial score (nSPS) is 13.8. The number of hydrogen-bond acceptors (Lipinski definition) is 4. The Morgan fingerprint density at radius 1 is 1.28 bits per heavy atom. The lowest BCUT2D eigenvalue weighted by Crippen LogP contribution is -2.34. The van der Waals surface area contributed by atoms with Gasteiger partial charge in [0.1, 0.15) is 18.1 Å². The molecule has 1 aliphatic heterocycles. The summed E-state index contributed by atoms with van der Waals surface area (Å²) in [7, 11) is 1.70. The number of nitrogens with zero attached hydrogens (tertiary/aromatic N) is 3. The number of ether oxygens (including phenoxy) is 1. The molecule has 1 aromatic heterocycles. The number of aromatic nitrogens is 2. The number of amides is 1. The number of rotatable bonds is 3. The van der Waals surface area contributed by atoms with E-state index in [1.807, 2.05) is 38.1 Å². The summed E-state index contributed by atoms with van der Waals surface area (Å²) in [5.41, 5.74) is 2.51. The monoisotopic (exact) mass is 341 g/mol. The maximum absolute atomic E-state index is 12.7. The largest absolute Gasteiger partial charge is 0.485 e. The van der Waals surface area contributed by atoms with E-state index < -0.39 is 0 Å². The number of hydrogen-bond donors (Lipinski definition) is 0. The number of aryl methyl sites for hydroxylation is 2. The van der Waals surface area contributed by atoms with Gasteiger partial charge < -0.3 is 9.64 Å². The van der Waals surface area contributed by atoms with E-state index in [2.05, 4.69) is 4.98 Å². The average molecular weight is 341 g/mol. The predicted octanol–water partition coefficient (Wildman–Crippen LogP) is 1.61. The molecule has 1 amide bonds. The second-order valence-electron chi connectivity index (χ2n) is 6.35. The third-order valence-corrected chi connectivity index (χ3v) is 4.51. The van der Waals surface area contributed by atoms with Crippen LogP contribution >= 0.6 is 0 Å². The highest BCUT2D eigenvalue weighted by atomic mass is 16.5. The van der Waals surface area contributed by atoms with E-state index in [4.69, 9.17) is 4.74 Å². The van der Waals surface area contributed by atoms with Gasteiger partial charge in [0, 0.05) is 13.5 Å². The Balaban J connectivity index is 1.83. The highest BCUT2D eigenvalue weighted by Gasteiger charge is 2.24. The molecule has 132 valence electrons. The topological polar surface area (TPSA) is 64.4 Å². The third kappa shape index (κ3) is 3.57. The molecule has 25 heavy (non-hydrogen) atoms. The van der Waals surface area contributed by atoms with Crippen molar-refractivity contribution in [3.05, 3.63) is 57.3 Å². The molecule has 0 saturated heterocycles. The first kappa shape index (κ1) is 17.2. The van der Waals surface area contributed by atoms with E-state index in [9.17, 15) is 9.59 Å². The van der Waals surface area contributed by atoms with Gasteiger partial charge in [0.2, 0.25) is 11.7 Å². The quantitative estimate of drug-likeness (QED) is 0.851. The minimum absolute atomic E-state index is 0.0147. The molecule has 0 unspecified atom stereocenters. The van der Waals surface area contributed by atoms with Crippen molar-refractivity contribution >= 4 is 5.91 Å². The van der Waals surface area contributed by atoms with Gasteiger partial charge in [-0.15, -0.1) is 0 Å². The van der Waals surface area contributed by atoms with Crippen molar-refractivity contribution in [2.45, 2.75) is 33.2 Å². The molecule has 1 aromatic carbocycles. The first-order valence-corrected chi connectivity index (χ1v) is 8.54. The van der Waals surface area contributed by atoms with E-state index in [1.54, 1.807) is 11.9 Å². The van der Waals surface area contributed by atoms with Crippen LogP contribution in [0.1, 0.15) is 29.6 Å². The zero-order chi connectivity index (χ0) is 18.0. The minimum atomic E-state index is -0.185. The van der Waals surface area contributed by atoms with Crippen LogP contribution in [0.15, 0.2) is 29.1 Å². The molecule has 0 fully saturated rings. The van der Waals surface area contributed by atoms with Crippen molar-refractivity contribution in [2.24, 2.45) is 7.05 Å². The molecule has 3 rings (SSSR count). The molecule has 2 heterocycles. The predicted molar refractivity (Wildman–Crippen MR) is 94.7 cm³/mol. The molecule has 0 N–H and O–H groups in total. The molecule has 0 bridgehead atoms. The number of fused-ring (bicyclic) bond motifs is 1. The molecule has 1 aliphatic rings. The van der Waals surface area contributed by atoms with Crippen molar-refractivity contribution in [1.29, 1.82) is 0 Å². The first-order valence-electron chi connectivity index (χ1n) is 8.54. The number of carbonyl (C=O) groups excluding carboxylic acids is 1. The summed E-state index contributed by atoms with van der Waals surface area (Å²) >= 11 is 0. The fraction of sp³-hybridized carbons (Fsp3) is 0.421. The van der Waals surface area contributed by atoms with Gasteiger partial charge in [-0.25, -0.2) is 4.98 Å². The number of benzene rings is 1. The Labute approximate surface area is 147 Å². The van der Waals surface area contributed by atoms with Gasteiger partial charge in [0.15, 0.2) is 0 Å². The molecule has 6 nitrogen and oxygen atoms in total. The summed E-state index contributed by atoms with van der Waals surface area (Å²) < 4.78 is 7.13. The molecular weight excluding hydrogens is 318 g/mol. The minimum Gasteiger partial charge on any atom is -0.485 e. The summed E-state index contributed by atoms with van der Waals surface area (Å²) in [6, 6.07) is 7.95. The summed E-state index contributed by atoms with van der Waals surface area (Å²) in [5, 5.41) is 0. The summed E-state index contributed by atoms with van der Waals surface area (Å²) in [6.45, 7) is 5.03. The summed E-state index contributed by atoms with van der Waals surface area (Å²) in [4.78, 5) is 31.4. The smallest absolute Gasteiger partial charge is 0.296 e.